The van der Waals surface area contributed by atoms with E-state index in [-0.39, 0.29) is 5.91 Å². The number of carbonyl (C=O) groups is 1. The summed E-state index contributed by atoms with van der Waals surface area (Å²) in [5.41, 5.74) is 8.59. The van der Waals surface area contributed by atoms with Crippen LogP contribution >= 0.6 is 15.9 Å². The van der Waals surface area contributed by atoms with Crippen molar-refractivity contribution in [1.29, 1.82) is 0 Å². The zero-order chi connectivity index (χ0) is 13.1. The summed E-state index contributed by atoms with van der Waals surface area (Å²) in [6.07, 6.45) is 0. The van der Waals surface area contributed by atoms with Gasteiger partial charge in [-0.15, -0.1) is 0 Å². The SMILES string of the molecule is Cc1ccc(Br)cc1C(=O)Nc1ccc(N)cc1. The topological polar surface area (TPSA) is 55.1 Å². The van der Waals surface area contributed by atoms with E-state index in [0.717, 1.165) is 15.7 Å². The van der Waals surface area contributed by atoms with Crippen LogP contribution in [0.15, 0.2) is 46.9 Å². The number of anilines is 2. The van der Waals surface area contributed by atoms with Gasteiger partial charge in [-0.2, -0.15) is 0 Å². The second kappa shape index (κ2) is 5.23. The Morgan fingerprint density at radius 1 is 1.17 bits per heavy atom. The van der Waals surface area contributed by atoms with Crippen LogP contribution < -0.4 is 11.1 Å². The number of benzene rings is 2. The van der Waals surface area contributed by atoms with Gasteiger partial charge in [0.15, 0.2) is 0 Å². The second-order valence-electron chi connectivity index (χ2n) is 4.04. The number of rotatable bonds is 2. The van der Waals surface area contributed by atoms with E-state index in [2.05, 4.69) is 21.2 Å². The average molecular weight is 305 g/mol. The zero-order valence-electron chi connectivity index (χ0n) is 9.91. The monoisotopic (exact) mass is 304 g/mol. The number of aryl methyl sites for hydroxylation is 1. The van der Waals surface area contributed by atoms with Gasteiger partial charge in [-0.3, -0.25) is 4.79 Å². The maximum Gasteiger partial charge on any atom is 0.255 e. The lowest BCUT2D eigenvalue weighted by Gasteiger charge is -2.08. The molecule has 0 spiro atoms. The number of hydrogen-bond acceptors (Lipinski definition) is 2. The number of nitrogens with two attached hydrogens (primary N) is 1. The van der Waals surface area contributed by atoms with Crippen molar-refractivity contribution in [2.75, 3.05) is 11.1 Å². The highest BCUT2D eigenvalue weighted by molar-refractivity contribution is 9.10. The van der Waals surface area contributed by atoms with E-state index in [9.17, 15) is 4.79 Å². The summed E-state index contributed by atoms with van der Waals surface area (Å²) in [7, 11) is 0. The van der Waals surface area contributed by atoms with Crippen LogP contribution in [0.25, 0.3) is 0 Å². The van der Waals surface area contributed by atoms with Gasteiger partial charge in [0.05, 0.1) is 0 Å². The molecule has 4 heteroatoms. The largest absolute Gasteiger partial charge is 0.399 e. The van der Waals surface area contributed by atoms with Gasteiger partial charge in [-0.25, -0.2) is 0 Å². The van der Waals surface area contributed by atoms with Crippen LogP contribution in [0, 0.1) is 6.92 Å². The Balaban J connectivity index is 2.21. The van der Waals surface area contributed by atoms with Crippen molar-refractivity contribution in [2.45, 2.75) is 6.92 Å². The molecule has 0 aliphatic carbocycles. The Hall–Kier alpha value is -1.81. The minimum Gasteiger partial charge on any atom is -0.399 e. The molecule has 0 aromatic heterocycles. The number of nitrogen functional groups attached to an aromatic ring is 1. The zero-order valence-corrected chi connectivity index (χ0v) is 11.5. The van der Waals surface area contributed by atoms with Crippen molar-refractivity contribution < 1.29 is 4.79 Å². The molecule has 2 aromatic rings. The Morgan fingerprint density at radius 3 is 2.50 bits per heavy atom. The van der Waals surface area contributed by atoms with Crippen LogP contribution in [-0.2, 0) is 0 Å². The van der Waals surface area contributed by atoms with Crippen molar-refractivity contribution in [3.05, 3.63) is 58.1 Å². The van der Waals surface area contributed by atoms with E-state index in [1.165, 1.54) is 0 Å². The fourth-order valence-electron chi connectivity index (χ4n) is 1.60. The smallest absolute Gasteiger partial charge is 0.255 e. The summed E-state index contributed by atoms with van der Waals surface area (Å²) in [5.74, 6) is -0.126. The third-order valence-electron chi connectivity index (χ3n) is 2.61. The van der Waals surface area contributed by atoms with Crippen LogP contribution in [0.3, 0.4) is 0 Å². The highest BCUT2D eigenvalue weighted by Crippen LogP contribution is 2.18. The molecule has 2 aromatic carbocycles. The molecule has 0 aliphatic rings. The van der Waals surface area contributed by atoms with Crippen LogP contribution in [0.1, 0.15) is 15.9 Å². The normalized spacial score (nSPS) is 10.1. The minimum absolute atomic E-state index is 0.126. The first-order chi connectivity index (χ1) is 8.56. The van der Waals surface area contributed by atoms with E-state index in [4.69, 9.17) is 5.73 Å². The van der Waals surface area contributed by atoms with Crippen LogP contribution in [0.2, 0.25) is 0 Å². The molecule has 0 aliphatic heterocycles. The van der Waals surface area contributed by atoms with Gasteiger partial charge in [-0.05, 0) is 48.9 Å². The number of hydrogen-bond donors (Lipinski definition) is 2. The molecule has 0 unspecified atom stereocenters. The molecule has 0 atom stereocenters. The summed E-state index contributed by atoms with van der Waals surface area (Å²) >= 11 is 3.36. The molecule has 0 radical (unpaired) electrons. The molecule has 1 amide bonds. The van der Waals surface area contributed by atoms with Crippen LogP contribution in [0.4, 0.5) is 11.4 Å². The van der Waals surface area contributed by atoms with E-state index < -0.39 is 0 Å². The van der Waals surface area contributed by atoms with Gasteiger partial charge in [0.2, 0.25) is 0 Å². The summed E-state index contributed by atoms with van der Waals surface area (Å²) < 4.78 is 0.885. The number of amides is 1. The molecule has 0 heterocycles. The lowest BCUT2D eigenvalue weighted by molar-refractivity contribution is 0.102. The standard InChI is InChI=1S/C14H13BrN2O/c1-9-2-3-10(15)8-13(9)14(18)17-12-6-4-11(16)5-7-12/h2-8H,16H2,1H3,(H,17,18). The van der Waals surface area contributed by atoms with Crippen LogP contribution in [-0.4, -0.2) is 5.91 Å². The third-order valence-corrected chi connectivity index (χ3v) is 3.11. The first-order valence-corrected chi connectivity index (χ1v) is 6.28. The lowest BCUT2D eigenvalue weighted by Crippen LogP contribution is -2.13. The van der Waals surface area contributed by atoms with Gasteiger partial charge in [-0.1, -0.05) is 22.0 Å². The Bertz CT molecular complexity index is 579. The quantitative estimate of drug-likeness (QED) is 0.833. The lowest BCUT2D eigenvalue weighted by atomic mass is 10.1. The highest BCUT2D eigenvalue weighted by atomic mass is 79.9. The third kappa shape index (κ3) is 2.90. The van der Waals surface area contributed by atoms with Gasteiger partial charge in [0.25, 0.3) is 5.91 Å². The molecule has 3 N–H and O–H groups in total. The van der Waals surface area contributed by atoms with E-state index >= 15 is 0 Å². The Morgan fingerprint density at radius 2 is 1.83 bits per heavy atom. The summed E-state index contributed by atoms with van der Waals surface area (Å²) in [5, 5.41) is 2.84. The summed E-state index contributed by atoms with van der Waals surface area (Å²) in [6, 6.07) is 12.7. The van der Waals surface area contributed by atoms with E-state index in [1.807, 2.05) is 25.1 Å². The molecule has 0 saturated heterocycles. The Labute approximate surface area is 114 Å². The van der Waals surface area contributed by atoms with Crippen molar-refractivity contribution >= 4 is 33.2 Å². The second-order valence-corrected chi connectivity index (χ2v) is 4.95. The first kappa shape index (κ1) is 12.6. The van der Waals surface area contributed by atoms with Crippen molar-refractivity contribution in [1.82, 2.24) is 0 Å². The van der Waals surface area contributed by atoms with Crippen molar-refractivity contribution in [2.24, 2.45) is 0 Å². The van der Waals surface area contributed by atoms with Crippen molar-refractivity contribution in [3.8, 4) is 0 Å². The van der Waals surface area contributed by atoms with Gasteiger partial charge in [0, 0.05) is 21.4 Å². The summed E-state index contributed by atoms with van der Waals surface area (Å²) in [6.45, 7) is 1.91. The number of carbonyl (C=O) groups excluding carboxylic acids is 1. The highest BCUT2D eigenvalue weighted by Gasteiger charge is 2.09. The van der Waals surface area contributed by atoms with E-state index in [0.29, 0.717) is 11.3 Å². The van der Waals surface area contributed by atoms with Crippen LogP contribution in [0.5, 0.6) is 0 Å². The first-order valence-electron chi connectivity index (χ1n) is 5.49. The Kier molecular flexibility index (Phi) is 3.67. The molecule has 92 valence electrons. The minimum atomic E-state index is -0.126. The molecule has 3 nitrogen and oxygen atoms in total. The average Bonchev–Trinajstić information content (AvgIpc) is 2.35. The van der Waals surface area contributed by atoms with Crippen molar-refractivity contribution in [3.63, 3.8) is 0 Å². The maximum absolute atomic E-state index is 12.1. The number of nitrogens with one attached hydrogen (secondary N) is 1. The molecular formula is C14H13BrN2O. The predicted molar refractivity (Wildman–Crippen MR) is 77.7 cm³/mol. The predicted octanol–water partition coefficient (Wildman–Crippen LogP) is 3.59. The van der Waals surface area contributed by atoms with Gasteiger partial charge >= 0.3 is 0 Å². The van der Waals surface area contributed by atoms with Gasteiger partial charge < -0.3 is 11.1 Å². The van der Waals surface area contributed by atoms with Gasteiger partial charge in [0.1, 0.15) is 0 Å². The summed E-state index contributed by atoms with van der Waals surface area (Å²) in [4.78, 5) is 12.1. The molecular weight excluding hydrogens is 292 g/mol. The molecule has 0 fully saturated rings. The fraction of sp³-hybridized carbons (Fsp3) is 0.0714. The molecule has 0 saturated carbocycles. The molecule has 18 heavy (non-hydrogen) atoms. The molecule has 2 rings (SSSR count). The fourth-order valence-corrected chi connectivity index (χ4v) is 1.96. The van der Waals surface area contributed by atoms with E-state index in [1.54, 1.807) is 24.3 Å². The number of halogens is 1. The maximum atomic E-state index is 12.1. The molecule has 0 bridgehead atoms.